The van der Waals surface area contributed by atoms with Gasteiger partial charge in [0.25, 0.3) is 5.91 Å². The molecule has 0 unspecified atom stereocenters. The number of aromatic nitrogens is 1. The normalized spacial score (nSPS) is 16.2. The number of methoxy groups -OCH3 is 1. The van der Waals surface area contributed by atoms with E-state index in [1.54, 1.807) is 48.9 Å². The first-order chi connectivity index (χ1) is 15.5. The lowest BCUT2D eigenvalue weighted by Gasteiger charge is -2.24. The predicted molar refractivity (Wildman–Crippen MR) is 126 cm³/mol. The summed E-state index contributed by atoms with van der Waals surface area (Å²) in [6.45, 7) is 1.99. The van der Waals surface area contributed by atoms with Gasteiger partial charge in [0, 0.05) is 0 Å². The molecule has 32 heavy (non-hydrogen) atoms. The van der Waals surface area contributed by atoms with E-state index < -0.39 is 17.7 Å². The zero-order valence-corrected chi connectivity index (χ0v) is 18.9. The van der Waals surface area contributed by atoms with Crippen LogP contribution in [0.2, 0.25) is 0 Å². The van der Waals surface area contributed by atoms with Gasteiger partial charge in [-0.3, -0.25) is 14.5 Å². The maximum atomic E-state index is 13.3. The van der Waals surface area contributed by atoms with Crippen LogP contribution < -0.4 is 9.64 Å². The third-order valence-corrected chi connectivity index (χ3v) is 7.25. The molecule has 0 saturated carbocycles. The van der Waals surface area contributed by atoms with Crippen LogP contribution in [0.1, 0.15) is 26.8 Å². The van der Waals surface area contributed by atoms with Gasteiger partial charge in [0.05, 0.1) is 33.8 Å². The van der Waals surface area contributed by atoms with Gasteiger partial charge in [-0.05, 0) is 53.8 Å². The van der Waals surface area contributed by atoms with Gasteiger partial charge < -0.3 is 9.84 Å². The number of hydrogen-bond donors (Lipinski definition) is 1. The molecule has 1 N–H and O–H groups in total. The zero-order valence-electron chi connectivity index (χ0n) is 17.2. The number of hydrogen-bond acceptors (Lipinski definition) is 7. The van der Waals surface area contributed by atoms with Crippen molar-refractivity contribution >= 4 is 49.7 Å². The highest BCUT2D eigenvalue weighted by Gasteiger charge is 2.46. The number of aliphatic hydroxyl groups excluding tert-OH is 1. The molecule has 1 aliphatic heterocycles. The lowest BCUT2D eigenvalue weighted by atomic mass is 9.95. The highest BCUT2D eigenvalue weighted by Crippen LogP contribution is 2.44. The predicted octanol–water partition coefficient (Wildman–Crippen LogP) is 5.46. The number of benzene rings is 2. The molecule has 1 amide bonds. The largest absolute Gasteiger partial charge is 0.503 e. The number of amides is 1. The van der Waals surface area contributed by atoms with Crippen LogP contribution in [0.25, 0.3) is 10.2 Å². The van der Waals surface area contributed by atoms with Gasteiger partial charge in [-0.2, -0.15) is 0 Å². The van der Waals surface area contributed by atoms with Gasteiger partial charge in [-0.25, -0.2) is 4.98 Å². The molecular weight excluding hydrogens is 444 g/mol. The quantitative estimate of drug-likeness (QED) is 0.399. The van der Waals surface area contributed by atoms with Crippen molar-refractivity contribution in [1.29, 1.82) is 0 Å². The number of thiazole rings is 1. The molecule has 4 aromatic rings. The van der Waals surface area contributed by atoms with Crippen LogP contribution in [0.5, 0.6) is 5.75 Å². The van der Waals surface area contributed by atoms with E-state index in [1.165, 1.54) is 27.6 Å². The molecule has 1 atom stereocenters. The van der Waals surface area contributed by atoms with Crippen molar-refractivity contribution in [2.75, 3.05) is 12.0 Å². The maximum absolute atomic E-state index is 13.3. The molecule has 160 valence electrons. The van der Waals surface area contributed by atoms with Crippen LogP contribution in [-0.4, -0.2) is 28.9 Å². The Morgan fingerprint density at radius 3 is 2.62 bits per heavy atom. The van der Waals surface area contributed by atoms with Crippen LogP contribution in [0.15, 0.2) is 71.3 Å². The summed E-state index contributed by atoms with van der Waals surface area (Å²) >= 11 is 2.62. The summed E-state index contributed by atoms with van der Waals surface area (Å²) < 4.78 is 6.18. The number of rotatable bonds is 5. The Kier molecular flexibility index (Phi) is 5.03. The van der Waals surface area contributed by atoms with E-state index in [1.807, 2.05) is 25.1 Å². The van der Waals surface area contributed by atoms with Crippen molar-refractivity contribution < 1.29 is 19.4 Å². The third kappa shape index (κ3) is 3.28. The van der Waals surface area contributed by atoms with Gasteiger partial charge in [0.2, 0.25) is 5.78 Å². The van der Waals surface area contributed by atoms with E-state index in [4.69, 9.17) is 4.74 Å². The first kappa shape index (κ1) is 20.4. The summed E-state index contributed by atoms with van der Waals surface area (Å²) in [5.41, 5.74) is 2.58. The average molecular weight is 463 g/mol. The SMILES string of the molecule is COc1ccc([C@H]2C(C(=O)c3cccs3)=C(O)C(=O)N2c2nc3ccc(C)cc3s2)cc1. The molecule has 2 aromatic heterocycles. The smallest absolute Gasteiger partial charge is 0.296 e. The molecule has 1 aliphatic rings. The number of ketones is 1. The number of anilines is 1. The Morgan fingerprint density at radius 1 is 1.16 bits per heavy atom. The molecule has 0 spiro atoms. The average Bonchev–Trinajstić information content (AvgIpc) is 3.52. The number of aryl methyl sites for hydroxylation is 1. The Morgan fingerprint density at radius 2 is 1.94 bits per heavy atom. The molecule has 5 rings (SSSR count). The van der Waals surface area contributed by atoms with E-state index in [-0.39, 0.29) is 11.4 Å². The highest BCUT2D eigenvalue weighted by molar-refractivity contribution is 7.22. The molecule has 0 saturated heterocycles. The van der Waals surface area contributed by atoms with E-state index in [0.717, 1.165) is 15.8 Å². The Labute approximate surface area is 192 Å². The van der Waals surface area contributed by atoms with Crippen molar-refractivity contribution in [2.24, 2.45) is 0 Å². The van der Waals surface area contributed by atoms with Crippen molar-refractivity contribution in [3.05, 3.63) is 87.3 Å². The van der Waals surface area contributed by atoms with Crippen molar-refractivity contribution in [1.82, 2.24) is 4.98 Å². The molecule has 3 heterocycles. The zero-order chi connectivity index (χ0) is 22.4. The fourth-order valence-corrected chi connectivity index (χ4v) is 5.57. The minimum Gasteiger partial charge on any atom is -0.503 e. The van der Waals surface area contributed by atoms with E-state index in [2.05, 4.69) is 4.98 Å². The fraction of sp³-hybridized carbons (Fsp3) is 0.125. The summed E-state index contributed by atoms with van der Waals surface area (Å²) in [6, 6.07) is 15.6. The third-order valence-electron chi connectivity index (χ3n) is 5.37. The van der Waals surface area contributed by atoms with Crippen LogP contribution in [0.3, 0.4) is 0 Å². The number of ether oxygens (including phenoxy) is 1. The second-order valence-electron chi connectivity index (χ2n) is 7.39. The standard InChI is InChI=1S/C24H18N2O4S2/c1-13-5-10-16-18(12-13)32-24(25-16)26-20(14-6-8-15(30-2)9-7-14)19(22(28)23(26)29)21(27)17-4-3-11-31-17/h3-12,20,28H,1-2H3/t20-/m0/s1. The number of nitrogens with zero attached hydrogens (tertiary/aromatic N) is 2. The lowest BCUT2D eigenvalue weighted by Crippen LogP contribution is -2.30. The summed E-state index contributed by atoms with van der Waals surface area (Å²) in [7, 11) is 1.57. The number of carbonyl (C=O) groups excluding carboxylic acids is 2. The Bertz CT molecular complexity index is 1370. The first-order valence-electron chi connectivity index (χ1n) is 9.84. The van der Waals surface area contributed by atoms with Gasteiger partial charge >= 0.3 is 0 Å². The van der Waals surface area contributed by atoms with Crippen LogP contribution >= 0.6 is 22.7 Å². The second-order valence-corrected chi connectivity index (χ2v) is 9.34. The van der Waals surface area contributed by atoms with E-state index in [0.29, 0.717) is 21.3 Å². The van der Waals surface area contributed by atoms with Gasteiger partial charge in [0.15, 0.2) is 10.9 Å². The Hall–Kier alpha value is -3.49. The maximum Gasteiger partial charge on any atom is 0.296 e. The number of carbonyl (C=O) groups is 2. The summed E-state index contributed by atoms with van der Waals surface area (Å²) in [6.07, 6.45) is 0. The van der Waals surface area contributed by atoms with Crippen LogP contribution in [-0.2, 0) is 4.79 Å². The molecule has 0 fully saturated rings. The molecule has 0 radical (unpaired) electrons. The lowest BCUT2D eigenvalue weighted by molar-refractivity contribution is -0.117. The summed E-state index contributed by atoms with van der Waals surface area (Å²) in [4.78, 5) is 33.1. The monoisotopic (exact) mass is 462 g/mol. The van der Waals surface area contributed by atoms with E-state index >= 15 is 0 Å². The van der Waals surface area contributed by atoms with Crippen molar-refractivity contribution in [3.63, 3.8) is 0 Å². The van der Waals surface area contributed by atoms with E-state index in [9.17, 15) is 14.7 Å². The minimum absolute atomic E-state index is 0.0538. The molecule has 0 aliphatic carbocycles. The fourth-order valence-electron chi connectivity index (χ4n) is 3.80. The van der Waals surface area contributed by atoms with Crippen molar-refractivity contribution in [3.8, 4) is 5.75 Å². The van der Waals surface area contributed by atoms with Gasteiger partial charge in [-0.1, -0.05) is 35.6 Å². The first-order valence-corrected chi connectivity index (χ1v) is 11.5. The summed E-state index contributed by atoms with van der Waals surface area (Å²) in [5.74, 6) is -0.897. The number of thiophene rings is 1. The molecule has 0 bridgehead atoms. The van der Waals surface area contributed by atoms with Gasteiger partial charge in [-0.15, -0.1) is 11.3 Å². The molecule has 8 heteroatoms. The summed E-state index contributed by atoms with van der Waals surface area (Å²) in [5, 5.41) is 13.1. The molecule has 2 aromatic carbocycles. The van der Waals surface area contributed by atoms with Gasteiger partial charge in [0.1, 0.15) is 5.75 Å². The minimum atomic E-state index is -0.801. The Balaban J connectivity index is 1.67. The number of fused-ring (bicyclic) bond motifs is 1. The topological polar surface area (TPSA) is 79.7 Å². The number of Topliss-reactive ketones (excluding diaryl/α,β-unsaturated/α-hetero) is 1. The molecular formula is C24H18N2O4S2. The molecule has 6 nitrogen and oxygen atoms in total. The van der Waals surface area contributed by atoms with Crippen LogP contribution in [0.4, 0.5) is 5.13 Å². The van der Waals surface area contributed by atoms with Crippen molar-refractivity contribution in [2.45, 2.75) is 13.0 Å². The number of aliphatic hydroxyl groups is 1. The van der Waals surface area contributed by atoms with Crippen LogP contribution in [0, 0.1) is 6.92 Å². The highest BCUT2D eigenvalue weighted by atomic mass is 32.1. The second kappa shape index (κ2) is 7.89.